The number of hydrogen-bond donors (Lipinski definition) is 2. The van der Waals surface area contributed by atoms with Crippen LogP contribution in [0.15, 0.2) is 60.7 Å². The van der Waals surface area contributed by atoms with Crippen molar-refractivity contribution in [3.05, 3.63) is 71.8 Å². The van der Waals surface area contributed by atoms with Crippen molar-refractivity contribution in [1.82, 2.24) is 5.32 Å². The van der Waals surface area contributed by atoms with Crippen LogP contribution in [0, 0.1) is 0 Å². The number of hydrogen-bond acceptors (Lipinski definition) is 2. The quantitative estimate of drug-likeness (QED) is 0.778. The van der Waals surface area contributed by atoms with Gasteiger partial charge in [-0.2, -0.15) is 0 Å². The maximum Gasteiger partial charge on any atom is 0.0514 e. The van der Waals surface area contributed by atoms with Gasteiger partial charge < -0.3 is 10.4 Å². The number of benzene rings is 2. The summed E-state index contributed by atoms with van der Waals surface area (Å²) in [7, 11) is 0. The van der Waals surface area contributed by atoms with Gasteiger partial charge in [0, 0.05) is 12.0 Å². The molecule has 0 aliphatic carbocycles. The number of nitrogens with one attached hydrogen (secondary N) is 1. The molecule has 0 aliphatic heterocycles. The van der Waals surface area contributed by atoms with Crippen LogP contribution in [0.25, 0.3) is 0 Å². The third-order valence-electron chi connectivity index (χ3n) is 3.87. The summed E-state index contributed by atoms with van der Waals surface area (Å²) in [5.41, 5.74) is 2.50. The van der Waals surface area contributed by atoms with Crippen LogP contribution in [-0.4, -0.2) is 24.3 Å². The summed E-state index contributed by atoms with van der Waals surface area (Å²) >= 11 is 0. The van der Waals surface area contributed by atoms with Crippen molar-refractivity contribution in [1.29, 1.82) is 0 Å². The Balaban J connectivity index is 2.17. The molecule has 0 saturated carbocycles. The first-order valence-corrected chi connectivity index (χ1v) is 7.78. The topological polar surface area (TPSA) is 32.3 Å². The van der Waals surface area contributed by atoms with Crippen molar-refractivity contribution in [3.8, 4) is 0 Å². The van der Waals surface area contributed by atoms with E-state index in [9.17, 15) is 5.11 Å². The van der Waals surface area contributed by atoms with Crippen molar-refractivity contribution in [2.24, 2.45) is 0 Å². The molecule has 2 aromatic carbocycles. The third kappa shape index (κ3) is 4.69. The Hall–Kier alpha value is -1.64. The molecule has 0 heterocycles. The van der Waals surface area contributed by atoms with Crippen molar-refractivity contribution < 1.29 is 5.11 Å². The molecule has 2 aromatic rings. The Morgan fingerprint density at radius 2 is 1.57 bits per heavy atom. The van der Waals surface area contributed by atoms with Gasteiger partial charge in [0.05, 0.1) is 6.61 Å². The molecule has 0 spiro atoms. The molecule has 0 amide bonds. The minimum absolute atomic E-state index is 0.123. The molecule has 2 rings (SSSR count). The molecule has 2 unspecified atom stereocenters. The molecule has 2 heteroatoms. The van der Waals surface area contributed by atoms with E-state index >= 15 is 0 Å². The summed E-state index contributed by atoms with van der Waals surface area (Å²) in [6.07, 6.45) is 2.03. The van der Waals surface area contributed by atoms with Crippen LogP contribution in [0.4, 0.5) is 0 Å². The molecular weight excluding hydrogens is 258 g/mol. The van der Waals surface area contributed by atoms with E-state index in [2.05, 4.69) is 48.6 Å². The van der Waals surface area contributed by atoms with Crippen LogP contribution in [0.1, 0.15) is 30.4 Å². The summed E-state index contributed by atoms with van der Waals surface area (Å²) in [4.78, 5) is 0. The highest BCUT2D eigenvalue weighted by molar-refractivity contribution is 5.24. The number of rotatable bonds is 8. The molecule has 0 saturated heterocycles. The fourth-order valence-corrected chi connectivity index (χ4v) is 2.72. The highest BCUT2D eigenvalue weighted by atomic mass is 16.3. The maximum absolute atomic E-state index is 9.89. The number of aliphatic hydroxyl groups is 1. The van der Waals surface area contributed by atoms with Gasteiger partial charge in [-0.15, -0.1) is 0 Å². The number of aliphatic hydroxyl groups excluding tert-OH is 1. The smallest absolute Gasteiger partial charge is 0.0514 e. The molecule has 0 aliphatic rings. The summed E-state index contributed by atoms with van der Waals surface area (Å²) in [5.74, 6) is 0.123. The van der Waals surface area contributed by atoms with E-state index in [1.165, 1.54) is 11.1 Å². The zero-order valence-electron chi connectivity index (χ0n) is 12.7. The Bertz CT molecular complexity index is 497. The largest absolute Gasteiger partial charge is 0.396 e. The van der Waals surface area contributed by atoms with E-state index in [0.717, 1.165) is 19.4 Å². The third-order valence-corrected chi connectivity index (χ3v) is 3.87. The van der Waals surface area contributed by atoms with Crippen LogP contribution in [0.5, 0.6) is 0 Å². The minimum Gasteiger partial charge on any atom is -0.396 e. The van der Waals surface area contributed by atoms with Crippen molar-refractivity contribution >= 4 is 0 Å². The second-order valence-corrected chi connectivity index (χ2v) is 5.45. The van der Waals surface area contributed by atoms with Crippen molar-refractivity contribution in [3.63, 3.8) is 0 Å². The summed E-state index contributed by atoms with van der Waals surface area (Å²) in [5, 5.41) is 13.5. The van der Waals surface area contributed by atoms with Gasteiger partial charge in [-0.1, -0.05) is 67.6 Å². The molecule has 2 atom stereocenters. The molecule has 0 radical (unpaired) electrons. The van der Waals surface area contributed by atoms with E-state index in [-0.39, 0.29) is 18.6 Å². The van der Waals surface area contributed by atoms with Crippen LogP contribution in [0.3, 0.4) is 0 Å². The molecule has 2 nitrogen and oxygen atoms in total. The molecule has 0 bridgehead atoms. The van der Waals surface area contributed by atoms with Gasteiger partial charge in [0.15, 0.2) is 0 Å². The van der Waals surface area contributed by atoms with E-state index in [4.69, 9.17) is 0 Å². The average molecular weight is 283 g/mol. The predicted molar refractivity (Wildman–Crippen MR) is 88.5 cm³/mol. The predicted octanol–water partition coefficient (Wildman–Crippen LogP) is 3.37. The SMILES string of the molecule is CCCNC(Cc1ccccc1)C(CO)c1ccccc1. The molecule has 0 fully saturated rings. The molecule has 0 aromatic heterocycles. The lowest BCUT2D eigenvalue weighted by atomic mass is 9.88. The zero-order valence-corrected chi connectivity index (χ0v) is 12.7. The van der Waals surface area contributed by atoms with E-state index in [1.54, 1.807) is 0 Å². The van der Waals surface area contributed by atoms with Crippen LogP contribution >= 0.6 is 0 Å². The highest BCUT2D eigenvalue weighted by Crippen LogP contribution is 2.22. The molecule has 2 N–H and O–H groups in total. The van der Waals surface area contributed by atoms with E-state index in [0.29, 0.717) is 0 Å². The fourth-order valence-electron chi connectivity index (χ4n) is 2.72. The second-order valence-electron chi connectivity index (χ2n) is 5.45. The van der Waals surface area contributed by atoms with Gasteiger partial charge in [-0.05, 0) is 30.5 Å². The second kappa shape index (κ2) is 8.60. The normalized spacial score (nSPS) is 13.8. The fraction of sp³-hybridized carbons (Fsp3) is 0.368. The zero-order chi connectivity index (χ0) is 14.9. The van der Waals surface area contributed by atoms with Crippen LogP contribution < -0.4 is 5.32 Å². The first-order chi connectivity index (χ1) is 10.3. The highest BCUT2D eigenvalue weighted by Gasteiger charge is 2.22. The first-order valence-electron chi connectivity index (χ1n) is 7.78. The van der Waals surface area contributed by atoms with Gasteiger partial charge in [-0.3, -0.25) is 0 Å². The first kappa shape index (κ1) is 15.7. The molecule has 21 heavy (non-hydrogen) atoms. The Morgan fingerprint density at radius 1 is 0.952 bits per heavy atom. The Morgan fingerprint density at radius 3 is 2.14 bits per heavy atom. The van der Waals surface area contributed by atoms with Gasteiger partial charge in [0.1, 0.15) is 0 Å². The van der Waals surface area contributed by atoms with E-state index < -0.39 is 0 Å². The van der Waals surface area contributed by atoms with Gasteiger partial charge in [0.25, 0.3) is 0 Å². The monoisotopic (exact) mass is 283 g/mol. The van der Waals surface area contributed by atoms with Gasteiger partial charge in [0.2, 0.25) is 0 Å². The van der Waals surface area contributed by atoms with Crippen LogP contribution in [-0.2, 0) is 6.42 Å². The summed E-state index contributed by atoms with van der Waals surface area (Å²) in [6, 6.07) is 21.0. The summed E-state index contributed by atoms with van der Waals surface area (Å²) < 4.78 is 0. The average Bonchev–Trinajstić information content (AvgIpc) is 2.55. The van der Waals surface area contributed by atoms with Gasteiger partial charge in [-0.25, -0.2) is 0 Å². The van der Waals surface area contributed by atoms with Crippen LogP contribution in [0.2, 0.25) is 0 Å². The lowest BCUT2D eigenvalue weighted by molar-refractivity contribution is 0.234. The summed E-state index contributed by atoms with van der Waals surface area (Å²) in [6.45, 7) is 3.31. The molecule has 112 valence electrons. The van der Waals surface area contributed by atoms with E-state index in [1.807, 2.05) is 24.3 Å². The lowest BCUT2D eigenvalue weighted by Gasteiger charge is -2.27. The van der Waals surface area contributed by atoms with Crippen molar-refractivity contribution in [2.45, 2.75) is 31.7 Å². The Kier molecular flexibility index (Phi) is 6.45. The van der Waals surface area contributed by atoms with Gasteiger partial charge >= 0.3 is 0 Å². The molecular formula is C19H25NO. The standard InChI is InChI=1S/C19H25NO/c1-2-13-20-19(14-16-9-5-3-6-10-16)18(15-21)17-11-7-4-8-12-17/h3-12,18-21H,2,13-15H2,1H3. The van der Waals surface area contributed by atoms with Crippen molar-refractivity contribution in [2.75, 3.05) is 13.2 Å². The Labute approximate surface area is 127 Å². The lowest BCUT2D eigenvalue weighted by Crippen LogP contribution is -2.38. The minimum atomic E-state index is 0.123. The maximum atomic E-state index is 9.89.